The third kappa shape index (κ3) is 4.87. The summed E-state index contributed by atoms with van der Waals surface area (Å²) in [5, 5.41) is 15.5. The summed E-state index contributed by atoms with van der Waals surface area (Å²) < 4.78 is 0. The number of carbonyl (C=O) groups is 1. The first kappa shape index (κ1) is 17.1. The van der Waals surface area contributed by atoms with Crippen LogP contribution in [0.5, 0.6) is 0 Å². The zero-order chi connectivity index (χ0) is 16.8. The minimum absolute atomic E-state index is 0.166. The van der Waals surface area contributed by atoms with Gasteiger partial charge in [0.25, 0.3) is 0 Å². The van der Waals surface area contributed by atoms with Crippen LogP contribution in [0.25, 0.3) is 0 Å². The number of hydrogen-bond acceptors (Lipinski definition) is 3. The highest BCUT2D eigenvalue weighted by molar-refractivity contribution is 5.89. The lowest BCUT2D eigenvalue weighted by molar-refractivity contribution is 0.101. The molecule has 2 aliphatic rings. The molecule has 3 N–H and O–H groups in total. The summed E-state index contributed by atoms with van der Waals surface area (Å²) in [6, 6.07) is 7.93. The van der Waals surface area contributed by atoms with E-state index in [-0.39, 0.29) is 12.1 Å². The monoisotopic (exact) mass is 331 g/mol. The first-order chi connectivity index (χ1) is 11.7. The van der Waals surface area contributed by atoms with E-state index in [1.165, 1.54) is 24.9 Å². The molecule has 0 spiro atoms. The number of amides is 2. The van der Waals surface area contributed by atoms with Crippen molar-refractivity contribution in [2.75, 3.05) is 29.9 Å². The number of carbonyl (C=O) groups excluding carboxylic acids is 1. The van der Waals surface area contributed by atoms with Crippen molar-refractivity contribution in [3.8, 4) is 0 Å². The maximum atomic E-state index is 12.0. The van der Waals surface area contributed by atoms with Crippen molar-refractivity contribution in [3.05, 3.63) is 24.3 Å². The number of anilines is 2. The van der Waals surface area contributed by atoms with Crippen LogP contribution in [0.1, 0.15) is 44.9 Å². The van der Waals surface area contributed by atoms with Crippen LogP contribution in [-0.2, 0) is 0 Å². The molecule has 132 valence electrons. The fourth-order valence-electron chi connectivity index (χ4n) is 3.77. The molecule has 24 heavy (non-hydrogen) atoms. The van der Waals surface area contributed by atoms with Crippen LogP contribution >= 0.6 is 0 Å². The molecule has 0 aromatic heterocycles. The largest absolute Gasteiger partial charge is 0.393 e. The van der Waals surface area contributed by atoms with E-state index in [9.17, 15) is 9.90 Å². The molecular weight excluding hydrogens is 302 g/mol. The van der Waals surface area contributed by atoms with Gasteiger partial charge in [0.05, 0.1) is 6.10 Å². The second-order valence-electron chi connectivity index (χ2n) is 7.12. The Morgan fingerprint density at radius 1 is 1.08 bits per heavy atom. The summed E-state index contributed by atoms with van der Waals surface area (Å²) in [6.07, 6.45) is 7.48. The topological polar surface area (TPSA) is 64.6 Å². The van der Waals surface area contributed by atoms with E-state index in [1.54, 1.807) is 0 Å². The van der Waals surface area contributed by atoms with Gasteiger partial charge in [0, 0.05) is 31.0 Å². The Bertz CT molecular complexity index is 526. The number of nitrogens with zero attached hydrogens (tertiary/aromatic N) is 1. The number of urea groups is 1. The van der Waals surface area contributed by atoms with Crippen molar-refractivity contribution in [1.29, 1.82) is 0 Å². The van der Waals surface area contributed by atoms with Crippen molar-refractivity contribution in [3.63, 3.8) is 0 Å². The van der Waals surface area contributed by atoms with Crippen molar-refractivity contribution >= 4 is 17.4 Å². The highest BCUT2D eigenvalue weighted by atomic mass is 16.3. The number of benzene rings is 1. The summed E-state index contributed by atoms with van der Waals surface area (Å²) in [4.78, 5) is 14.4. The number of rotatable bonds is 4. The van der Waals surface area contributed by atoms with E-state index in [4.69, 9.17) is 0 Å². The van der Waals surface area contributed by atoms with Crippen LogP contribution in [-0.4, -0.2) is 36.9 Å². The van der Waals surface area contributed by atoms with Crippen LogP contribution in [0.2, 0.25) is 0 Å². The third-order valence-corrected chi connectivity index (χ3v) is 5.15. The molecule has 1 aliphatic heterocycles. The van der Waals surface area contributed by atoms with Crippen molar-refractivity contribution < 1.29 is 9.90 Å². The molecule has 2 atom stereocenters. The Kier molecular flexibility index (Phi) is 5.96. The lowest BCUT2D eigenvalue weighted by Gasteiger charge is -2.29. The number of aliphatic hydroxyl groups is 1. The molecule has 1 aliphatic carbocycles. The minimum atomic E-state index is -0.198. The zero-order valence-electron chi connectivity index (χ0n) is 14.3. The van der Waals surface area contributed by atoms with Gasteiger partial charge in [0.1, 0.15) is 0 Å². The Morgan fingerprint density at radius 2 is 1.83 bits per heavy atom. The van der Waals surface area contributed by atoms with Crippen LogP contribution in [0.15, 0.2) is 24.3 Å². The second-order valence-corrected chi connectivity index (χ2v) is 7.12. The SMILES string of the molecule is O=C(NCC1CCCC(O)C1)Nc1ccc(N2CCCCC2)cc1. The third-order valence-electron chi connectivity index (χ3n) is 5.15. The maximum absolute atomic E-state index is 12.0. The first-order valence-electron chi connectivity index (χ1n) is 9.28. The van der Waals surface area contributed by atoms with Gasteiger partial charge in [0.2, 0.25) is 0 Å². The van der Waals surface area contributed by atoms with Gasteiger partial charge in [-0.3, -0.25) is 0 Å². The highest BCUT2D eigenvalue weighted by Gasteiger charge is 2.20. The van der Waals surface area contributed by atoms with E-state index in [1.807, 2.05) is 12.1 Å². The number of piperidine rings is 1. The summed E-state index contributed by atoms with van der Waals surface area (Å²) in [5.74, 6) is 0.390. The molecule has 2 fully saturated rings. The summed E-state index contributed by atoms with van der Waals surface area (Å²) >= 11 is 0. The molecule has 1 aromatic rings. The molecule has 1 saturated heterocycles. The van der Waals surface area contributed by atoms with Crippen molar-refractivity contribution in [2.45, 2.75) is 51.0 Å². The molecule has 3 rings (SSSR count). The average molecular weight is 331 g/mol. The van der Waals surface area contributed by atoms with Gasteiger partial charge in [-0.1, -0.05) is 6.42 Å². The van der Waals surface area contributed by atoms with Gasteiger partial charge in [-0.2, -0.15) is 0 Å². The number of aliphatic hydroxyl groups excluding tert-OH is 1. The lowest BCUT2D eigenvalue weighted by atomic mass is 9.87. The zero-order valence-corrected chi connectivity index (χ0v) is 14.3. The van der Waals surface area contributed by atoms with Gasteiger partial charge in [-0.25, -0.2) is 4.79 Å². The fraction of sp³-hybridized carbons (Fsp3) is 0.632. The van der Waals surface area contributed by atoms with E-state index < -0.39 is 0 Å². The van der Waals surface area contributed by atoms with Crippen LogP contribution < -0.4 is 15.5 Å². The van der Waals surface area contributed by atoms with E-state index >= 15 is 0 Å². The molecule has 2 amide bonds. The van der Waals surface area contributed by atoms with Crippen LogP contribution in [0, 0.1) is 5.92 Å². The number of nitrogens with one attached hydrogen (secondary N) is 2. The lowest BCUT2D eigenvalue weighted by Crippen LogP contribution is -2.35. The minimum Gasteiger partial charge on any atom is -0.393 e. The van der Waals surface area contributed by atoms with E-state index in [0.29, 0.717) is 12.5 Å². The van der Waals surface area contributed by atoms with Crippen LogP contribution in [0.4, 0.5) is 16.2 Å². The molecule has 2 unspecified atom stereocenters. The normalized spacial score (nSPS) is 24.5. The van der Waals surface area contributed by atoms with Gasteiger partial charge >= 0.3 is 6.03 Å². The summed E-state index contributed by atoms with van der Waals surface area (Å²) in [5.41, 5.74) is 2.05. The molecule has 1 heterocycles. The summed E-state index contributed by atoms with van der Waals surface area (Å²) in [6.45, 7) is 2.88. The van der Waals surface area contributed by atoms with Gasteiger partial charge < -0.3 is 20.6 Å². The predicted molar refractivity (Wildman–Crippen MR) is 97.5 cm³/mol. The molecular formula is C19H29N3O2. The second kappa shape index (κ2) is 8.38. The van der Waals surface area contributed by atoms with Gasteiger partial charge in [-0.05, 0) is 68.7 Å². The maximum Gasteiger partial charge on any atom is 0.319 e. The predicted octanol–water partition coefficient (Wildman–Crippen LogP) is 3.35. The number of hydrogen-bond donors (Lipinski definition) is 3. The molecule has 1 saturated carbocycles. The first-order valence-corrected chi connectivity index (χ1v) is 9.28. The molecule has 5 nitrogen and oxygen atoms in total. The molecule has 0 bridgehead atoms. The van der Waals surface area contributed by atoms with Crippen molar-refractivity contribution in [2.24, 2.45) is 5.92 Å². The fourth-order valence-corrected chi connectivity index (χ4v) is 3.77. The van der Waals surface area contributed by atoms with Crippen molar-refractivity contribution in [1.82, 2.24) is 5.32 Å². The molecule has 1 aromatic carbocycles. The standard InChI is InChI=1S/C19H29N3O2/c23-18-6-4-5-15(13-18)14-20-19(24)21-16-7-9-17(10-8-16)22-11-2-1-3-12-22/h7-10,15,18,23H,1-6,11-14H2,(H2,20,21,24). The Labute approximate surface area is 144 Å². The Morgan fingerprint density at radius 3 is 2.54 bits per heavy atom. The molecule has 0 radical (unpaired) electrons. The van der Waals surface area contributed by atoms with E-state index in [2.05, 4.69) is 27.7 Å². The summed E-state index contributed by atoms with van der Waals surface area (Å²) in [7, 11) is 0. The quantitative estimate of drug-likeness (QED) is 0.793. The van der Waals surface area contributed by atoms with Gasteiger partial charge in [-0.15, -0.1) is 0 Å². The Hall–Kier alpha value is -1.75. The Balaban J connectivity index is 1.44. The average Bonchev–Trinajstić information content (AvgIpc) is 2.61. The van der Waals surface area contributed by atoms with Crippen LogP contribution in [0.3, 0.4) is 0 Å². The van der Waals surface area contributed by atoms with E-state index in [0.717, 1.165) is 44.5 Å². The van der Waals surface area contributed by atoms with Gasteiger partial charge in [0.15, 0.2) is 0 Å². The molecule has 5 heteroatoms. The smallest absolute Gasteiger partial charge is 0.319 e. The highest BCUT2D eigenvalue weighted by Crippen LogP contribution is 2.24.